The molecule has 1 amide bonds. The Kier molecular flexibility index (Phi) is 5.08. The topological polar surface area (TPSA) is 64.0 Å². The number of aromatic nitrogens is 2. The minimum Gasteiger partial charge on any atom is -0.353 e. The largest absolute Gasteiger partial charge is 0.353 e. The number of nitrogens with zero attached hydrogens (tertiary/aromatic N) is 2. The Morgan fingerprint density at radius 2 is 1.92 bits per heavy atom. The monoisotopic (exact) mass is 355 g/mol. The molecule has 1 heterocycles. The van der Waals surface area contributed by atoms with Gasteiger partial charge in [0, 0.05) is 12.6 Å². The van der Waals surface area contributed by atoms with Crippen molar-refractivity contribution in [3.05, 3.63) is 46.8 Å². The molecule has 5 nitrogen and oxygen atoms in total. The zero-order valence-electron chi connectivity index (χ0n) is 14.6. The van der Waals surface area contributed by atoms with Crippen LogP contribution in [0.3, 0.4) is 0 Å². The average Bonchev–Trinajstić information content (AvgIpc) is 2.58. The van der Waals surface area contributed by atoms with E-state index in [0.717, 1.165) is 10.8 Å². The summed E-state index contributed by atoms with van der Waals surface area (Å²) < 4.78 is 1.63. The second kappa shape index (κ2) is 7.27. The van der Waals surface area contributed by atoms with Crippen molar-refractivity contribution >= 4 is 39.3 Å². The van der Waals surface area contributed by atoms with Gasteiger partial charge in [-0.05, 0) is 43.7 Å². The van der Waals surface area contributed by atoms with Gasteiger partial charge in [0.2, 0.25) is 5.91 Å². The van der Waals surface area contributed by atoms with Gasteiger partial charge in [0.15, 0.2) is 5.16 Å². The number of nitrogens with one attached hydrogen (secondary N) is 1. The zero-order chi connectivity index (χ0) is 18.0. The zero-order valence-corrected chi connectivity index (χ0v) is 15.4. The third-order valence-corrected chi connectivity index (χ3v) is 4.86. The third kappa shape index (κ3) is 3.69. The molecular weight excluding hydrogens is 334 g/mol. The summed E-state index contributed by atoms with van der Waals surface area (Å²) >= 11 is 1.30. The lowest BCUT2D eigenvalue weighted by Crippen LogP contribution is -2.32. The van der Waals surface area contributed by atoms with Crippen LogP contribution in [0.5, 0.6) is 0 Å². The fourth-order valence-electron chi connectivity index (χ4n) is 2.77. The van der Waals surface area contributed by atoms with Crippen LogP contribution in [0.1, 0.15) is 20.8 Å². The number of fused-ring (bicyclic) bond motifs is 2. The van der Waals surface area contributed by atoms with Gasteiger partial charge < -0.3 is 5.32 Å². The summed E-state index contributed by atoms with van der Waals surface area (Å²) in [7, 11) is 0. The first kappa shape index (κ1) is 17.5. The molecule has 3 aromatic rings. The molecule has 0 unspecified atom stereocenters. The number of benzene rings is 2. The van der Waals surface area contributed by atoms with E-state index >= 15 is 0 Å². The van der Waals surface area contributed by atoms with Crippen LogP contribution in [0.2, 0.25) is 0 Å². The van der Waals surface area contributed by atoms with E-state index in [1.807, 2.05) is 57.2 Å². The van der Waals surface area contributed by atoms with E-state index < -0.39 is 0 Å². The van der Waals surface area contributed by atoms with Crippen molar-refractivity contribution in [2.45, 2.75) is 38.5 Å². The highest BCUT2D eigenvalue weighted by molar-refractivity contribution is 7.99. The highest BCUT2D eigenvalue weighted by Crippen LogP contribution is 2.22. The van der Waals surface area contributed by atoms with Gasteiger partial charge in [0.1, 0.15) is 0 Å². The maximum absolute atomic E-state index is 12.9. The molecule has 0 spiro atoms. The van der Waals surface area contributed by atoms with Crippen molar-refractivity contribution in [1.29, 1.82) is 0 Å². The first-order valence-electron chi connectivity index (χ1n) is 8.35. The number of hydrogen-bond donors (Lipinski definition) is 1. The minimum absolute atomic E-state index is 0.0597. The summed E-state index contributed by atoms with van der Waals surface area (Å²) in [6.45, 7) is 6.27. The second-order valence-corrected chi connectivity index (χ2v) is 7.11. The molecule has 0 saturated heterocycles. The molecule has 0 fully saturated rings. The van der Waals surface area contributed by atoms with Crippen molar-refractivity contribution in [3.63, 3.8) is 0 Å². The maximum Gasteiger partial charge on any atom is 0.262 e. The van der Waals surface area contributed by atoms with Crippen molar-refractivity contribution < 1.29 is 4.79 Å². The average molecular weight is 355 g/mol. The Balaban J connectivity index is 2.04. The summed E-state index contributed by atoms with van der Waals surface area (Å²) in [5.41, 5.74) is 0.602. The highest BCUT2D eigenvalue weighted by atomic mass is 32.2. The fourth-order valence-corrected chi connectivity index (χ4v) is 3.64. The highest BCUT2D eigenvalue weighted by Gasteiger charge is 2.13. The molecule has 0 atom stereocenters. The summed E-state index contributed by atoms with van der Waals surface area (Å²) in [6, 6.07) is 11.8. The molecule has 0 aliphatic rings. The van der Waals surface area contributed by atoms with Crippen LogP contribution in [0.15, 0.2) is 46.3 Å². The van der Waals surface area contributed by atoms with Crippen LogP contribution in [-0.2, 0) is 11.3 Å². The van der Waals surface area contributed by atoms with E-state index in [1.165, 1.54) is 11.8 Å². The van der Waals surface area contributed by atoms with Crippen molar-refractivity contribution in [1.82, 2.24) is 14.9 Å². The molecule has 130 valence electrons. The molecular formula is C19H21N3O2S. The number of amides is 1. The van der Waals surface area contributed by atoms with Crippen molar-refractivity contribution in [3.8, 4) is 0 Å². The predicted octanol–water partition coefficient (Wildman–Crippen LogP) is 3.19. The fraction of sp³-hybridized carbons (Fsp3) is 0.316. The molecule has 0 aliphatic heterocycles. The number of rotatable bonds is 5. The first-order valence-corrected chi connectivity index (χ1v) is 9.33. The van der Waals surface area contributed by atoms with Crippen LogP contribution in [0, 0.1) is 0 Å². The Morgan fingerprint density at radius 1 is 1.24 bits per heavy atom. The maximum atomic E-state index is 12.9. The van der Waals surface area contributed by atoms with Gasteiger partial charge in [-0.3, -0.25) is 14.2 Å². The Hall–Kier alpha value is -2.34. The van der Waals surface area contributed by atoms with Gasteiger partial charge >= 0.3 is 0 Å². The smallest absolute Gasteiger partial charge is 0.262 e. The summed E-state index contributed by atoms with van der Waals surface area (Å²) in [4.78, 5) is 29.4. The minimum atomic E-state index is -0.0648. The molecule has 6 heteroatoms. The quantitative estimate of drug-likeness (QED) is 0.434. The molecule has 0 radical (unpaired) electrons. The Morgan fingerprint density at radius 3 is 2.56 bits per heavy atom. The molecule has 0 bridgehead atoms. The van der Waals surface area contributed by atoms with E-state index in [4.69, 9.17) is 0 Å². The Bertz CT molecular complexity index is 995. The van der Waals surface area contributed by atoms with Gasteiger partial charge in [-0.25, -0.2) is 4.98 Å². The van der Waals surface area contributed by atoms with E-state index in [2.05, 4.69) is 10.3 Å². The van der Waals surface area contributed by atoms with Gasteiger partial charge in [-0.15, -0.1) is 0 Å². The predicted molar refractivity (Wildman–Crippen MR) is 103 cm³/mol. The number of thioether (sulfide) groups is 1. The normalized spacial score (nSPS) is 11.4. The van der Waals surface area contributed by atoms with E-state index in [1.54, 1.807) is 4.57 Å². The SMILES string of the molecule is CCn1c(SCC(=O)NC(C)C)nc2cc3ccccc3cc2c1=O. The number of carbonyl (C=O) groups excluding carboxylic acids is 1. The van der Waals surface area contributed by atoms with Crippen molar-refractivity contribution in [2.75, 3.05) is 5.75 Å². The number of carbonyl (C=O) groups is 1. The van der Waals surface area contributed by atoms with Crippen LogP contribution in [0.4, 0.5) is 0 Å². The molecule has 25 heavy (non-hydrogen) atoms. The lowest BCUT2D eigenvalue weighted by molar-refractivity contribution is -0.119. The molecule has 1 N–H and O–H groups in total. The first-order chi connectivity index (χ1) is 12.0. The van der Waals surface area contributed by atoms with Gasteiger partial charge in [-0.1, -0.05) is 36.0 Å². The molecule has 0 saturated carbocycles. The van der Waals surface area contributed by atoms with Gasteiger partial charge in [0.25, 0.3) is 5.56 Å². The van der Waals surface area contributed by atoms with Gasteiger partial charge in [0.05, 0.1) is 16.7 Å². The molecule has 2 aromatic carbocycles. The third-order valence-electron chi connectivity index (χ3n) is 3.88. The van der Waals surface area contributed by atoms with Crippen LogP contribution < -0.4 is 10.9 Å². The molecule has 0 aliphatic carbocycles. The summed E-state index contributed by atoms with van der Waals surface area (Å²) in [5, 5.41) is 6.10. The van der Waals surface area contributed by atoms with Crippen LogP contribution >= 0.6 is 11.8 Å². The Labute approximate surface area is 150 Å². The number of hydrogen-bond acceptors (Lipinski definition) is 4. The standard InChI is InChI=1S/C19H21N3O2S/c1-4-22-18(24)15-9-13-7-5-6-8-14(13)10-16(15)21-19(22)25-11-17(23)20-12(2)3/h5-10,12H,4,11H2,1-3H3,(H,20,23). The van der Waals surface area contributed by atoms with E-state index in [0.29, 0.717) is 22.6 Å². The summed E-state index contributed by atoms with van der Waals surface area (Å²) in [6.07, 6.45) is 0. The second-order valence-electron chi connectivity index (χ2n) is 6.17. The molecule has 3 rings (SSSR count). The lowest BCUT2D eigenvalue weighted by Gasteiger charge is -2.12. The summed E-state index contributed by atoms with van der Waals surface area (Å²) in [5.74, 6) is 0.180. The van der Waals surface area contributed by atoms with Crippen LogP contribution in [0.25, 0.3) is 21.7 Å². The van der Waals surface area contributed by atoms with Crippen molar-refractivity contribution in [2.24, 2.45) is 0 Å². The lowest BCUT2D eigenvalue weighted by atomic mass is 10.1. The van der Waals surface area contributed by atoms with E-state index in [9.17, 15) is 9.59 Å². The molecule has 1 aromatic heterocycles. The van der Waals surface area contributed by atoms with Crippen LogP contribution in [-0.4, -0.2) is 27.3 Å². The van der Waals surface area contributed by atoms with E-state index in [-0.39, 0.29) is 23.3 Å². The van der Waals surface area contributed by atoms with Gasteiger partial charge in [-0.2, -0.15) is 0 Å².